The van der Waals surface area contributed by atoms with E-state index in [1.54, 1.807) is 14.2 Å². The Morgan fingerprint density at radius 2 is 1.62 bits per heavy atom. The number of nitrogens with zero attached hydrogens (tertiary/aromatic N) is 1. The van der Waals surface area contributed by atoms with Gasteiger partial charge in [0.2, 0.25) is 12.5 Å². The molecule has 162 valence electrons. The van der Waals surface area contributed by atoms with Crippen LogP contribution in [0.1, 0.15) is 5.56 Å². The first-order valence-electron chi connectivity index (χ1n) is 10.4. The van der Waals surface area contributed by atoms with Crippen molar-refractivity contribution < 1.29 is 35.9 Å². The van der Waals surface area contributed by atoms with Crippen LogP contribution in [0.2, 0.25) is 0 Å². The minimum Gasteiger partial charge on any atom is -1.00 e. The number of ether oxygens (including phenoxy) is 4. The molecular formula is C26H22ClNO4. The number of hydrogen-bond acceptors (Lipinski definition) is 4. The summed E-state index contributed by atoms with van der Waals surface area (Å²) in [4.78, 5) is 0. The van der Waals surface area contributed by atoms with Crippen molar-refractivity contribution in [1.82, 2.24) is 0 Å². The monoisotopic (exact) mass is 447 g/mol. The Morgan fingerprint density at radius 1 is 0.844 bits per heavy atom. The van der Waals surface area contributed by atoms with Crippen LogP contribution < -0.4 is 35.9 Å². The molecule has 0 saturated heterocycles. The topological polar surface area (TPSA) is 40.8 Å². The predicted octanol–water partition coefficient (Wildman–Crippen LogP) is 1.77. The van der Waals surface area contributed by atoms with Gasteiger partial charge in [-0.3, -0.25) is 0 Å². The smallest absolute Gasteiger partial charge is 0.231 e. The second-order valence-corrected chi connectivity index (χ2v) is 7.82. The van der Waals surface area contributed by atoms with E-state index in [1.807, 2.05) is 6.07 Å². The third-order valence-corrected chi connectivity index (χ3v) is 6.20. The maximum absolute atomic E-state index is 5.79. The van der Waals surface area contributed by atoms with Crippen LogP contribution >= 0.6 is 0 Å². The molecular weight excluding hydrogens is 426 g/mol. The van der Waals surface area contributed by atoms with Crippen molar-refractivity contribution in [2.24, 2.45) is 0 Å². The molecule has 5 nitrogen and oxygen atoms in total. The van der Waals surface area contributed by atoms with Gasteiger partial charge in [-0.25, -0.2) is 0 Å². The first kappa shape index (κ1) is 20.5. The molecule has 0 atom stereocenters. The van der Waals surface area contributed by atoms with Gasteiger partial charge in [-0.15, -0.1) is 0 Å². The molecule has 0 bridgehead atoms. The molecule has 0 amide bonds. The summed E-state index contributed by atoms with van der Waals surface area (Å²) in [5, 5.41) is 2.16. The summed E-state index contributed by atoms with van der Waals surface area (Å²) < 4.78 is 25.0. The Labute approximate surface area is 192 Å². The SMILES string of the molecule is COc1cc(-c2ccccc2)c2cc3[n+](cc2c1OC)CCc1cc2c(cc1-3)OCO2.[Cl-]. The maximum Gasteiger partial charge on any atom is 0.231 e. The number of benzene rings is 3. The van der Waals surface area contributed by atoms with E-state index in [0.717, 1.165) is 63.6 Å². The summed E-state index contributed by atoms with van der Waals surface area (Å²) >= 11 is 0. The largest absolute Gasteiger partial charge is 1.00 e. The van der Waals surface area contributed by atoms with E-state index in [0.29, 0.717) is 0 Å². The number of methoxy groups -OCH3 is 2. The number of halogens is 1. The van der Waals surface area contributed by atoms with E-state index < -0.39 is 0 Å². The Balaban J connectivity index is 0.00000216. The van der Waals surface area contributed by atoms with Crippen LogP contribution in [0.3, 0.4) is 0 Å². The molecule has 0 fully saturated rings. The third-order valence-electron chi connectivity index (χ3n) is 6.20. The van der Waals surface area contributed by atoms with Gasteiger partial charge in [0, 0.05) is 17.9 Å². The van der Waals surface area contributed by atoms with Gasteiger partial charge < -0.3 is 31.4 Å². The highest BCUT2D eigenvalue weighted by Gasteiger charge is 2.29. The molecule has 0 saturated carbocycles. The van der Waals surface area contributed by atoms with Gasteiger partial charge in [0.15, 0.2) is 35.7 Å². The Bertz CT molecular complexity index is 1340. The van der Waals surface area contributed by atoms with Gasteiger partial charge in [-0.05, 0) is 34.9 Å². The predicted molar refractivity (Wildman–Crippen MR) is 118 cm³/mol. The Kier molecular flexibility index (Phi) is 5.06. The van der Waals surface area contributed by atoms with Crippen molar-refractivity contribution in [3.05, 3.63) is 66.4 Å². The van der Waals surface area contributed by atoms with Crippen molar-refractivity contribution in [2.75, 3.05) is 21.0 Å². The fraction of sp³-hybridized carbons (Fsp3) is 0.192. The number of rotatable bonds is 3. The standard InChI is InChI=1S/C26H22NO4.ClH/c1-28-25-12-18(16-6-4-3-5-7-16)20-11-22-19-13-24-23(30-15-31-24)10-17(19)8-9-27(22)14-21(20)26(25)29-2;/h3-7,10-14H,8-9,15H2,1-2H3;1H/q+1;/p-1. The van der Waals surface area contributed by atoms with Gasteiger partial charge in [-0.2, -0.15) is 4.57 Å². The van der Waals surface area contributed by atoms with Gasteiger partial charge in [0.1, 0.15) is 0 Å². The lowest BCUT2D eigenvalue weighted by Gasteiger charge is -2.19. The Hall–Kier alpha value is -3.44. The summed E-state index contributed by atoms with van der Waals surface area (Å²) in [6, 6.07) is 19.0. The van der Waals surface area contributed by atoms with Crippen LogP contribution in [-0.2, 0) is 13.0 Å². The van der Waals surface area contributed by atoms with Crippen LogP contribution in [0.5, 0.6) is 23.0 Å². The first-order valence-corrected chi connectivity index (χ1v) is 10.4. The lowest BCUT2D eigenvalue weighted by molar-refractivity contribution is -0.686. The zero-order chi connectivity index (χ0) is 20.9. The third kappa shape index (κ3) is 3.04. The number of fused-ring (bicyclic) bond motifs is 5. The highest BCUT2D eigenvalue weighted by Crippen LogP contribution is 2.44. The number of aromatic nitrogens is 1. The molecule has 0 aliphatic carbocycles. The minimum absolute atomic E-state index is 0. The van der Waals surface area contributed by atoms with Crippen molar-refractivity contribution >= 4 is 10.8 Å². The van der Waals surface area contributed by atoms with Gasteiger partial charge in [-0.1, -0.05) is 30.3 Å². The normalized spacial score (nSPS) is 13.2. The highest BCUT2D eigenvalue weighted by molar-refractivity contribution is 6.02. The Morgan fingerprint density at radius 3 is 2.38 bits per heavy atom. The van der Waals surface area contributed by atoms with Crippen LogP contribution in [0, 0.1) is 0 Å². The van der Waals surface area contributed by atoms with Crippen LogP contribution in [0.15, 0.2) is 60.8 Å². The first-order chi connectivity index (χ1) is 15.3. The van der Waals surface area contributed by atoms with E-state index >= 15 is 0 Å². The summed E-state index contributed by atoms with van der Waals surface area (Å²) in [6.07, 6.45) is 3.12. The summed E-state index contributed by atoms with van der Waals surface area (Å²) in [6.45, 7) is 1.17. The molecule has 3 heterocycles. The number of pyridine rings is 1. The molecule has 3 aromatic carbocycles. The van der Waals surface area contributed by atoms with E-state index in [9.17, 15) is 0 Å². The molecule has 0 N–H and O–H groups in total. The second-order valence-electron chi connectivity index (χ2n) is 7.82. The lowest BCUT2D eigenvalue weighted by Crippen LogP contribution is -3.00. The zero-order valence-corrected chi connectivity index (χ0v) is 18.6. The molecule has 1 aromatic heterocycles. The molecule has 2 aliphatic heterocycles. The van der Waals surface area contributed by atoms with Crippen LogP contribution in [0.25, 0.3) is 33.2 Å². The van der Waals surface area contributed by atoms with E-state index in [2.05, 4.69) is 59.3 Å². The van der Waals surface area contributed by atoms with E-state index in [4.69, 9.17) is 18.9 Å². The maximum atomic E-state index is 5.79. The van der Waals surface area contributed by atoms with E-state index in [-0.39, 0.29) is 19.2 Å². The fourth-order valence-corrected chi connectivity index (χ4v) is 4.71. The highest BCUT2D eigenvalue weighted by atomic mass is 35.5. The molecule has 32 heavy (non-hydrogen) atoms. The average Bonchev–Trinajstić information content (AvgIpc) is 3.28. The molecule has 0 spiro atoms. The molecule has 6 rings (SSSR count). The number of hydrogen-bond donors (Lipinski definition) is 0. The van der Waals surface area contributed by atoms with E-state index in [1.165, 1.54) is 11.1 Å². The van der Waals surface area contributed by atoms with Gasteiger partial charge >= 0.3 is 0 Å². The van der Waals surface area contributed by atoms with Crippen molar-refractivity contribution in [2.45, 2.75) is 13.0 Å². The lowest BCUT2D eigenvalue weighted by atomic mass is 9.92. The fourth-order valence-electron chi connectivity index (χ4n) is 4.71. The summed E-state index contributed by atoms with van der Waals surface area (Å²) in [5.41, 5.74) is 5.89. The quantitative estimate of drug-likeness (QED) is 0.449. The second kappa shape index (κ2) is 7.92. The number of aryl methyl sites for hydroxylation is 2. The van der Waals surface area contributed by atoms with Crippen molar-refractivity contribution in [3.8, 4) is 45.4 Å². The van der Waals surface area contributed by atoms with Gasteiger partial charge in [0.25, 0.3) is 0 Å². The minimum atomic E-state index is 0. The summed E-state index contributed by atoms with van der Waals surface area (Å²) in [5.74, 6) is 3.13. The summed E-state index contributed by atoms with van der Waals surface area (Å²) in [7, 11) is 3.38. The van der Waals surface area contributed by atoms with Crippen LogP contribution in [-0.4, -0.2) is 21.0 Å². The van der Waals surface area contributed by atoms with Gasteiger partial charge in [0.05, 0.1) is 25.2 Å². The van der Waals surface area contributed by atoms with Crippen LogP contribution in [0.4, 0.5) is 0 Å². The zero-order valence-electron chi connectivity index (χ0n) is 17.9. The molecule has 4 aromatic rings. The molecule has 0 unspecified atom stereocenters. The average molecular weight is 448 g/mol. The van der Waals surface area contributed by atoms with Crippen molar-refractivity contribution in [3.63, 3.8) is 0 Å². The van der Waals surface area contributed by atoms with Crippen molar-refractivity contribution in [1.29, 1.82) is 0 Å². The molecule has 6 heteroatoms. The molecule has 0 radical (unpaired) electrons. The molecule has 2 aliphatic rings.